The zero-order valence-corrected chi connectivity index (χ0v) is 17.6. The van der Waals surface area contributed by atoms with Crippen LogP contribution >= 0.6 is 0 Å². The maximum absolute atomic E-state index is 7.09. The fraction of sp³-hybridized carbons (Fsp3) is 0.478. The molecule has 0 saturated carbocycles. The first-order valence-corrected chi connectivity index (χ1v) is 11.9. The molecular formula is C23H32OSi. The van der Waals surface area contributed by atoms with Crippen LogP contribution < -0.4 is 5.19 Å². The van der Waals surface area contributed by atoms with Crippen LogP contribution in [0.2, 0.25) is 11.6 Å². The van der Waals surface area contributed by atoms with Gasteiger partial charge in [-0.15, -0.1) is 0 Å². The molecule has 1 aliphatic heterocycles. The van der Waals surface area contributed by atoms with Gasteiger partial charge in [0.05, 0.1) is 6.10 Å². The molecule has 1 heterocycles. The predicted molar refractivity (Wildman–Crippen MR) is 110 cm³/mol. The highest BCUT2D eigenvalue weighted by molar-refractivity contribution is 6.88. The van der Waals surface area contributed by atoms with E-state index >= 15 is 0 Å². The highest BCUT2D eigenvalue weighted by Crippen LogP contribution is 2.38. The molecule has 0 aliphatic carbocycles. The lowest BCUT2D eigenvalue weighted by Gasteiger charge is -2.42. The summed E-state index contributed by atoms with van der Waals surface area (Å²) in [6.07, 6.45) is 2.62. The molecular weight excluding hydrogens is 320 g/mol. The Labute approximate surface area is 154 Å². The molecule has 1 aliphatic rings. The summed E-state index contributed by atoms with van der Waals surface area (Å²) in [5, 5.41) is 1.55. The van der Waals surface area contributed by atoms with Crippen LogP contribution in [0.15, 0.2) is 36.4 Å². The van der Waals surface area contributed by atoms with Crippen LogP contribution in [0.4, 0.5) is 0 Å². The molecule has 2 heteroatoms. The molecule has 25 heavy (non-hydrogen) atoms. The fourth-order valence-electron chi connectivity index (χ4n) is 4.89. The second kappa shape index (κ2) is 7.09. The highest BCUT2D eigenvalue weighted by Gasteiger charge is 2.45. The molecule has 0 aromatic heterocycles. The van der Waals surface area contributed by atoms with Crippen LogP contribution in [0.1, 0.15) is 61.1 Å². The molecule has 0 radical (unpaired) electrons. The van der Waals surface area contributed by atoms with Gasteiger partial charge in [0.2, 0.25) is 8.32 Å². The number of aryl methyl sites for hydroxylation is 4. The van der Waals surface area contributed by atoms with E-state index in [9.17, 15) is 0 Å². The summed E-state index contributed by atoms with van der Waals surface area (Å²) in [6.45, 7) is 13.6. The highest BCUT2D eigenvalue weighted by atomic mass is 28.4. The zero-order chi connectivity index (χ0) is 18.2. The molecule has 134 valence electrons. The molecule has 0 spiro atoms. The third-order valence-corrected chi connectivity index (χ3v) is 11.1. The topological polar surface area (TPSA) is 9.23 Å². The Morgan fingerprint density at radius 2 is 1.60 bits per heavy atom. The van der Waals surface area contributed by atoms with Crippen molar-refractivity contribution in [2.75, 3.05) is 0 Å². The summed E-state index contributed by atoms with van der Waals surface area (Å²) in [4.78, 5) is 0. The van der Waals surface area contributed by atoms with E-state index in [0.717, 1.165) is 0 Å². The number of benzene rings is 2. The minimum Gasteiger partial charge on any atom is -0.405 e. The first-order valence-electron chi connectivity index (χ1n) is 9.69. The van der Waals surface area contributed by atoms with Gasteiger partial charge in [-0.2, -0.15) is 0 Å². The third-order valence-electron chi connectivity index (χ3n) is 5.93. The van der Waals surface area contributed by atoms with Gasteiger partial charge in [-0.1, -0.05) is 55.8 Å². The van der Waals surface area contributed by atoms with Crippen molar-refractivity contribution in [2.45, 2.75) is 72.1 Å². The fourth-order valence-corrected chi connectivity index (χ4v) is 9.46. The molecule has 0 saturated heterocycles. The molecule has 3 rings (SSSR count). The van der Waals surface area contributed by atoms with Crippen LogP contribution in [0.5, 0.6) is 0 Å². The second-order valence-corrected chi connectivity index (χ2v) is 12.3. The van der Waals surface area contributed by atoms with Crippen molar-refractivity contribution in [2.24, 2.45) is 0 Å². The Morgan fingerprint density at radius 3 is 2.24 bits per heavy atom. The molecule has 2 atom stereocenters. The van der Waals surface area contributed by atoms with Gasteiger partial charge >= 0.3 is 0 Å². The standard InChI is InChI=1S/C23H32OSi/c1-16(2)25(13-9-11-21-10-7-8-12-22(21)25)24-20(6)23-18(4)14-17(3)15-19(23)5/h7-8,10,12,14-16,20H,9,11,13H2,1-6H3/t20-,25-/m1/s1. The lowest BCUT2D eigenvalue weighted by Crippen LogP contribution is -2.57. The number of fused-ring (bicyclic) bond motifs is 1. The van der Waals surface area contributed by atoms with Crippen molar-refractivity contribution in [3.63, 3.8) is 0 Å². The van der Waals surface area contributed by atoms with E-state index < -0.39 is 8.32 Å². The van der Waals surface area contributed by atoms with Crippen molar-refractivity contribution < 1.29 is 4.43 Å². The number of rotatable bonds is 4. The van der Waals surface area contributed by atoms with Gasteiger partial charge in [-0.25, -0.2) is 0 Å². The summed E-state index contributed by atoms with van der Waals surface area (Å²) in [5.74, 6) is 0. The molecule has 0 N–H and O–H groups in total. The van der Waals surface area contributed by atoms with Crippen molar-refractivity contribution in [3.8, 4) is 0 Å². The van der Waals surface area contributed by atoms with Crippen LogP contribution in [-0.2, 0) is 10.8 Å². The lowest BCUT2D eigenvalue weighted by molar-refractivity contribution is 0.208. The van der Waals surface area contributed by atoms with Crippen LogP contribution in [0.3, 0.4) is 0 Å². The predicted octanol–water partition coefficient (Wildman–Crippen LogP) is 5.90. The van der Waals surface area contributed by atoms with Crippen molar-refractivity contribution in [1.29, 1.82) is 0 Å². The quantitative estimate of drug-likeness (QED) is 0.623. The molecule has 0 amide bonds. The monoisotopic (exact) mass is 352 g/mol. The summed E-state index contributed by atoms with van der Waals surface area (Å²) in [5.41, 5.74) is 7.57. The van der Waals surface area contributed by atoms with Crippen LogP contribution in [0, 0.1) is 20.8 Å². The van der Waals surface area contributed by atoms with Gasteiger partial charge in [0, 0.05) is 0 Å². The van der Waals surface area contributed by atoms with E-state index in [1.165, 1.54) is 46.7 Å². The summed E-state index contributed by atoms with van der Waals surface area (Å²) >= 11 is 0. The molecule has 2 aromatic rings. The van der Waals surface area contributed by atoms with E-state index in [1.807, 2.05) is 0 Å². The SMILES string of the molecule is Cc1cc(C)c([C@@H](C)O[Si@@]2(C(C)C)CCCc3ccccc32)c(C)c1. The minimum absolute atomic E-state index is 0.154. The van der Waals surface area contributed by atoms with Crippen molar-refractivity contribution in [1.82, 2.24) is 0 Å². The normalized spacial score (nSPS) is 21.2. The number of hydrogen-bond donors (Lipinski definition) is 0. The van der Waals surface area contributed by atoms with E-state index in [4.69, 9.17) is 4.43 Å². The molecule has 0 bridgehead atoms. The number of hydrogen-bond acceptors (Lipinski definition) is 1. The minimum atomic E-state index is -1.99. The van der Waals surface area contributed by atoms with Gasteiger partial charge in [-0.05, 0) is 79.6 Å². The van der Waals surface area contributed by atoms with Crippen molar-refractivity contribution in [3.05, 3.63) is 64.2 Å². The maximum Gasteiger partial charge on any atom is 0.227 e. The van der Waals surface area contributed by atoms with Gasteiger partial charge in [0.15, 0.2) is 0 Å². The Kier molecular flexibility index (Phi) is 5.22. The Hall–Kier alpha value is -1.38. The van der Waals surface area contributed by atoms with Gasteiger partial charge < -0.3 is 4.43 Å². The van der Waals surface area contributed by atoms with Gasteiger partial charge in [0.1, 0.15) is 0 Å². The molecule has 0 unspecified atom stereocenters. The first kappa shape index (κ1) is 18.4. The van der Waals surface area contributed by atoms with Crippen molar-refractivity contribution >= 4 is 13.5 Å². The van der Waals surface area contributed by atoms with Crippen LogP contribution in [-0.4, -0.2) is 8.32 Å². The zero-order valence-electron chi connectivity index (χ0n) is 16.6. The van der Waals surface area contributed by atoms with Gasteiger partial charge in [-0.3, -0.25) is 0 Å². The summed E-state index contributed by atoms with van der Waals surface area (Å²) < 4.78 is 7.09. The lowest BCUT2D eigenvalue weighted by atomic mass is 9.96. The Morgan fingerprint density at radius 1 is 0.960 bits per heavy atom. The molecule has 2 aromatic carbocycles. The summed E-state index contributed by atoms with van der Waals surface area (Å²) in [7, 11) is -1.99. The van der Waals surface area contributed by atoms with Crippen LogP contribution in [0.25, 0.3) is 0 Å². The van der Waals surface area contributed by atoms with E-state index in [0.29, 0.717) is 5.54 Å². The molecule has 0 fully saturated rings. The largest absolute Gasteiger partial charge is 0.405 e. The van der Waals surface area contributed by atoms with E-state index in [-0.39, 0.29) is 6.10 Å². The smallest absolute Gasteiger partial charge is 0.227 e. The summed E-state index contributed by atoms with van der Waals surface area (Å²) in [6, 6.07) is 14.9. The Balaban J connectivity index is 2.02. The average molecular weight is 353 g/mol. The second-order valence-electron chi connectivity index (χ2n) is 8.13. The van der Waals surface area contributed by atoms with E-state index in [1.54, 1.807) is 5.19 Å². The maximum atomic E-state index is 7.09. The first-order chi connectivity index (χ1) is 11.8. The third kappa shape index (κ3) is 3.34. The Bertz CT molecular complexity index is 741. The van der Waals surface area contributed by atoms with Gasteiger partial charge in [0.25, 0.3) is 0 Å². The van der Waals surface area contributed by atoms with E-state index in [2.05, 4.69) is 77.9 Å². The molecule has 1 nitrogen and oxygen atoms in total. The average Bonchev–Trinajstić information content (AvgIpc) is 2.54.